The van der Waals surface area contributed by atoms with Gasteiger partial charge in [-0.1, -0.05) is 6.07 Å². The number of benzene rings is 2. The molecule has 0 aromatic heterocycles. The van der Waals surface area contributed by atoms with Crippen LogP contribution in [0.25, 0.3) is 0 Å². The van der Waals surface area contributed by atoms with Gasteiger partial charge in [0.25, 0.3) is 0 Å². The minimum atomic E-state index is -0.501. The van der Waals surface area contributed by atoms with Gasteiger partial charge >= 0.3 is 0 Å². The van der Waals surface area contributed by atoms with Gasteiger partial charge < -0.3 is 25.0 Å². The lowest BCUT2D eigenvalue weighted by atomic mass is 10.1. The Morgan fingerprint density at radius 1 is 1.07 bits per heavy atom. The molecule has 2 N–H and O–H groups in total. The summed E-state index contributed by atoms with van der Waals surface area (Å²) in [5, 5.41) is 5.52. The summed E-state index contributed by atoms with van der Waals surface area (Å²) in [7, 11) is 3.06. The maximum atomic E-state index is 12.7. The van der Waals surface area contributed by atoms with E-state index in [-0.39, 0.29) is 30.7 Å². The van der Waals surface area contributed by atoms with Gasteiger partial charge in [-0.2, -0.15) is 0 Å². The van der Waals surface area contributed by atoms with Crippen molar-refractivity contribution >= 4 is 34.8 Å². The Morgan fingerprint density at radius 3 is 2.55 bits per heavy atom. The van der Waals surface area contributed by atoms with Crippen LogP contribution in [0.4, 0.5) is 17.1 Å². The first-order valence-corrected chi connectivity index (χ1v) is 9.12. The van der Waals surface area contributed by atoms with Crippen LogP contribution < -0.4 is 25.0 Å². The van der Waals surface area contributed by atoms with E-state index in [9.17, 15) is 14.4 Å². The number of rotatable bonds is 6. The molecule has 0 bridgehead atoms. The van der Waals surface area contributed by atoms with Crippen LogP contribution in [0.15, 0.2) is 42.5 Å². The van der Waals surface area contributed by atoms with Crippen molar-refractivity contribution in [1.82, 2.24) is 0 Å². The van der Waals surface area contributed by atoms with Gasteiger partial charge in [-0.05, 0) is 30.3 Å². The second kappa shape index (κ2) is 8.64. The molecular weight excluding hydrogens is 374 g/mol. The molecule has 1 atom stereocenters. The van der Waals surface area contributed by atoms with E-state index in [1.807, 2.05) is 0 Å². The molecule has 8 nitrogen and oxygen atoms in total. The molecule has 3 rings (SSSR count). The Kier molecular flexibility index (Phi) is 6.01. The first kappa shape index (κ1) is 20.2. The smallest absolute Gasteiger partial charge is 0.229 e. The standard InChI is InChI=1S/C21H23N3O5/c1-13(25)22-15-5-4-6-16(10-15)24-12-14(9-20(24)26)21(27)23-18-8-7-17(28-2)11-19(18)29-3/h4-8,10-11,14H,9,12H2,1-3H3,(H,22,25)(H,23,27)/t14-/m1/s1. The molecule has 1 fully saturated rings. The molecule has 0 unspecified atom stereocenters. The van der Waals surface area contributed by atoms with E-state index in [0.717, 1.165) is 0 Å². The van der Waals surface area contributed by atoms with E-state index in [2.05, 4.69) is 10.6 Å². The largest absolute Gasteiger partial charge is 0.497 e. The fourth-order valence-corrected chi connectivity index (χ4v) is 3.22. The molecule has 0 spiro atoms. The fourth-order valence-electron chi connectivity index (χ4n) is 3.22. The lowest BCUT2D eigenvalue weighted by molar-refractivity contribution is -0.122. The number of methoxy groups -OCH3 is 2. The topological polar surface area (TPSA) is 97.0 Å². The molecule has 1 aliphatic heterocycles. The summed E-state index contributed by atoms with van der Waals surface area (Å²) >= 11 is 0. The maximum Gasteiger partial charge on any atom is 0.229 e. The first-order valence-electron chi connectivity index (χ1n) is 9.12. The third-order valence-electron chi connectivity index (χ3n) is 4.64. The molecule has 3 amide bonds. The Labute approximate surface area is 168 Å². The van der Waals surface area contributed by atoms with E-state index >= 15 is 0 Å². The van der Waals surface area contributed by atoms with Crippen molar-refractivity contribution in [3.63, 3.8) is 0 Å². The van der Waals surface area contributed by atoms with Gasteiger partial charge in [-0.15, -0.1) is 0 Å². The van der Waals surface area contributed by atoms with Gasteiger partial charge in [0.05, 0.1) is 25.8 Å². The van der Waals surface area contributed by atoms with Gasteiger partial charge in [0.15, 0.2) is 0 Å². The molecule has 0 aliphatic carbocycles. The Balaban J connectivity index is 1.72. The lowest BCUT2D eigenvalue weighted by Gasteiger charge is -2.18. The summed E-state index contributed by atoms with van der Waals surface area (Å²) in [6.45, 7) is 1.67. The predicted molar refractivity (Wildman–Crippen MR) is 109 cm³/mol. The lowest BCUT2D eigenvalue weighted by Crippen LogP contribution is -2.28. The number of hydrogen-bond acceptors (Lipinski definition) is 5. The van der Waals surface area contributed by atoms with Crippen molar-refractivity contribution in [2.24, 2.45) is 5.92 Å². The van der Waals surface area contributed by atoms with Crippen molar-refractivity contribution < 1.29 is 23.9 Å². The number of nitrogens with zero attached hydrogens (tertiary/aromatic N) is 1. The van der Waals surface area contributed by atoms with Gasteiger partial charge in [0.1, 0.15) is 11.5 Å². The number of anilines is 3. The SMILES string of the molecule is COc1ccc(NC(=O)[C@@H]2CC(=O)N(c3cccc(NC(C)=O)c3)C2)c(OC)c1. The minimum Gasteiger partial charge on any atom is -0.497 e. The van der Waals surface area contributed by atoms with E-state index < -0.39 is 5.92 Å². The first-order chi connectivity index (χ1) is 13.9. The van der Waals surface area contributed by atoms with Crippen molar-refractivity contribution in [3.05, 3.63) is 42.5 Å². The Bertz CT molecular complexity index is 944. The number of carbonyl (C=O) groups excluding carboxylic acids is 3. The predicted octanol–water partition coefficient (Wildman–Crippen LogP) is 2.65. The number of ether oxygens (including phenoxy) is 2. The molecular formula is C21H23N3O5. The van der Waals surface area contributed by atoms with Crippen LogP contribution in [0.2, 0.25) is 0 Å². The van der Waals surface area contributed by atoms with Crippen molar-refractivity contribution in [1.29, 1.82) is 0 Å². The number of amides is 3. The van der Waals surface area contributed by atoms with Crippen LogP contribution in [-0.4, -0.2) is 38.5 Å². The molecule has 0 saturated carbocycles. The van der Waals surface area contributed by atoms with Crippen LogP contribution in [-0.2, 0) is 14.4 Å². The van der Waals surface area contributed by atoms with Gasteiger partial charge in [-0.25, -0.2) is 0 Å². The van der Waals surface area contributed by atoms with Gasteiger partial charge in [0, 0.05) is 37.3 Å². The molecule has 2 aromatic carbocycles. The highest BCUT2D eigenvalue weighted by Crippen LogP contribution is 2.31. The number of nitrogens with one attached hydrogen (secondary N) is 2. The summed E-state index contributed by atoms with van der Waals surface area (Å²) in [6.07, 6.45) is 0.106. The average Bonchev–Trinajstić information content (AvgIpc) is 3.10. The van der Waals surface area contributed by atoms with E-state index in [0.29, 0.717) is 28.6 Å². The van der Waals surface area contributed by atoms with E-state index in [4.69, 9.17) is 9.47 Å². The van der Waals surface area contributed by atoms with Crippen LogP contribution in [0.1, 0.15) is 13.3 Å². The summed E-state index contributed by atoms with van der Waals surface area (Å²) in [6, 6.07) is 12.1. The zero-order valence-electron chi connectivity index (χ0n) is 16.5. The molecule has 0 radical (unpaired) electrons. The molecule has 8 heteroatoms. The van der Waals surface area contributed by atoms with E-state index in [1.54, 1.807) is 54.5 Å². The minimum absolute atomic E-state index is 0.106. The van der Waals surface area contributed by atoms with Crippen LogP contribution in [0.3, 0.4) is 0 Å². The van der Waals surface area contributed by atoms with Crippen LogP contribution >= 0.6 is 0 Å². The van der Waals surface area contributed by atoms with Crippen LogP contribution in [0.5, 0.6) is 11.5 Å². The normalized spacial score (nSPS) is 15.8. The molecule has 152 valence electrons. The second-order valence-corrected chi connectivity index (χ2v) is 6.69. The number of carbonyl (C=O) groups is 3. The van der Waals surface area contributed by atoms with Gasteiger partial charge in [0.2, 0.25) is 17.7 Å². The van der Waals surface area contributed by atoms with Crippen molar-refractivity contribution in [3.8, 4) is 11.5 Å². The monoisotopic (exact) mass is 397 g/mol. The average molecular weight is 397 g/mol. The Morgan fingerprint density at radius 2 is 1.86 bits per heavy atom. The molecule has 1 saturated heterocycles. The molecule has 29 heavy (non-hydrogen) atoms. The highest BCUT2D eigenvalue weighted by molar-refractivity contribution is 6.04. The quantitative estimate of drug-likeness (QED) is 0.781. The number of hydrogen-bond donors (Lipinski definition) is 2. The third kappa shape index (κ3) is 4.66. The summed E-state index contributed by atoms with van der Waals surface area (Å²) < 4.78 is 10.5. The van der Waals surface area contributed by atoms with Gasteiger partial charge in [-0.3, -0.25) is 14.4 Å². The maximum absolute atomic E-state index is 12.7. The zero-order valence-corrected chi connectivity index (χ0v) is 16.5. The highest BCUT2D eigenvalue weighted by Gasteiger charge is 2.35. The molecule has 1 aliphatic rings. The Hall–Kier alpha value is -3.55. The second-order valence-electron chi connectivity index (χ2n) is 6.69. The van der Waals surface area contributed by atoms with Crippen molar-refractivity contribution in [2.45, 2.75) is 13.3 Å². The van der Waals surface area contributed by atoms with Crippen LogP contribution in [0, 0.1) is 5.92 Å². The zero-order chi connectivity index (χ0) is 21.0. The third-order valence-corrected chi connectivity index (χ3v) is 4.64. The van der Waals surface area contributed by atoms with Crippen molar-refractivity contribution in [2.75, 3.05) is 36.3 Å². The fraction of sp³-hybridized carbons (Fsp3) is 0.286. The van der Waals surface area contributed by atoms with E-state index in [1.165, 1.54) is 14.0 Å². The highest BCUT2D eigenvalue weighted by atomic mass is 16.5. The summed E-state index contributed by atoms with van der Waals surface area (Å²) in [5.74, 6) is -0.0171. The molecule has 2 aromatic rings. The summed E-state index contributed by atoms with van der Waals surface area (Å²) in [4.78, 5) is 38.0. The molecule has 1 heterocycles. The summed E-state index contributed by atoms with van der Waals surface area (Å²) in [5.41, 5.74) is 1.74.